The monoisotopic (exact) mass is 343 g/mol. The third kappa shape index (κ3) is 4.58. The van der Waals surface area contributed by atoms with Crippen molar-refractivity contribution in [2.45, 2.75) is 6.92 Å². The second kappa shape index (κ2) is 7.54. The van der Waals surface area contributed by atoms with Crippen LogP contribution in [0.4, 0.5) is 5.69 Å². The van der Waals surface area contributed by atoms with Crippen molar-refractivity contribution in [2.75, 3.05) is 19.0 Å². The first kappa shape index (κ1) is 16.0. The Bertz CT molecular complexity index is 542. The summed E-state index contributed by atoms with van der Waals surface area (Å²) in [4.78, 5) is 22.4. The molecule has 0 radical (unpaired) electrons. The molecule has 0 fully saturated rings. The molecule has 0 heterocycles. The molecule has 0 aromatic heterocycles. The number of nitrogens with one attached hydrogen (secondary N) is 1. The number of ether oxygens (including phenoxy) is 2. The van der Waals surface area contributed by atoms with Crippen molar-refractivity contribution in [3.8, 4) is 5.75 Å². The maximum absolute atomic E-state index is 11.7. The Morgan fingerprint density at radius 1 is 1.45 bits per heavy atom. The molecule has 0 bridgehead atoms. The molecule has 1 rings (SSSR count). The first-order chi connectivity index (χ1) is 9.47. The number of carbonyl (C=O) groups is 2. The van der Waals surface area contributed by atoms with Gasteiger partial charge in [0.15, 0.2) is 0 Å². The van der Waals surface area contributed by atoms with Crippen LogP contribution < -0.4 is 10.1 Å². The van der Waals surface area contributed by atoms with Crippen molar-refractivity contribution in [1.29, 1.82) is 0 Å². The van der Waals surface area contributed by atoms with Gasteiger partial charge in [0.1, 0.15) is 11.4 Å². The highest BCUT2D eigenvalue weighted by molar-refractivity contribution is 9.10. The average Bonchev–Trinajstić information content (AvgIpc) is 2.39. The molecule has 0 aliphatic carbocycles. The number of hydrogen-bond acceptors (Lipinski definition) is 5. The van der Waals surface area contributed by atoms with E-state index >= 15 is 0 Å². The summed E-state index contributed by atoms with van der Waals surface area (Å²) in [6, 6.07) is 5.01. The Labute approximate surface area is 124 Å². The topological polar surface area (TPSA) is 84.9 Å². The number of benzene rings is 1. The Kier molecular flexibility index (Phi) is 6.05. The van der Waals surface area contributed by atoms with Crippen LogP contribution in [0.2, 0.25) is 0 Å². The number of carboxylic acids is 1. The van der Waals surface area contributed by atoms with Crippen LogP contribution in [0.25, 0.3) is 0 Å². The van der Waals surface area contributed by atoms with Gasteiger partial charge in [-0.15, -0.1) is 0 Å². The second-order valence-electron chi connectivity index (χ2n) is 3.59. The molecule has 0 saturated heterocycles. The van der Waals surface area contributed by atoms with E-state index in [1.165, 1.54) is 7.11 Å². The molecule has 0 unspecified atom stereocenters. The van der Waals surface area contributed by atoms with Gasteiger partial charge in [0.25, 0.3) is 0 Å². The Balaban J connectivity index is 3.01. The van der Waals surface area contributed by atoms with Crippen molar-refractivity contribution in [3.63, 3.8) is 0 Å². The predicted octanol–water partition coefficient (Wildman–Crippen LogP) is 2.40. The zero-order valence-electron chi connectivity index (χ0n) is 11.0. The lowest BCUT2D eigenvalue weighted by Gasteiger charge is -2.12. The number of aliphatic carboxylic acids is 1. The largest absolute Gasteiger partial charge is 0.497 e. The molecule has 0 aliphatic heterocycles. The minimum Gasteiger partial charge on any atom is -0.497 e. The van der Waals surface area contributed by atoms with Crippen molar-refractivity contribution in [3.05, 3.63) is 34.4 Å². The molecular weight excluding hydrogens is 330 g/mol. The van der Waals surface area contributed by atoms with Gasteiger partial charge >= 0.3 is 11.9 Å². The minimum atomic E-state index is -1.25. The fourth-order valence-electron chi connectivity index (χ4n) is 1.35. The van der Waals surface area contributed by atoms with Crippen molar-refractivity contribution < 1.29 is 24.2 Å². The highest BCUT2D eigenvalue weighted by atomic mass is 79.9. The van der Waals surface area contributed by atoms with Gasteiger partial charge in [-0.05, 0) is 41.1 Å². The predicted molar refractivity (Wildman–Crippen MR) is 76.7 cm³/mol. The van der Waals surface area contributed by atoms with Crippen molar-refractivity contribution >= 4 is 33.6 Å². The van der Waals surface area contributed by atoms with E-state index in [-0.39, 0.29) is 12.3 Å². The van der Waals surface area contributed by atoms with Gasteiger partial charge in [0, 0.05) is 4.47 Å². The van der Waals surface area contributed by atoms with Crippen LogP contribution in [-0.4, -0.2) is 30.8 Å². The number of carbonyl (C=O) groups excluding carboxylic acids is 1. The number of carboxylic acid groups (broad SMARTS) is 1. The van der Waals surface area contributed by atoms with Crippen LogP contribution in [0.1, 0.15) is 6.92 Å². The van der Waals surface area contributed by atoms with Crippen LogP contribution >= 0.6 is 15.9 Å². The molecule has 6 nitrogen and oxygen atoms in total. The summed E-state index contributed by atoms with van der Waals surface area (Å²) in [5.41, 5.74) is 0.358. The zero-order valence-corrected chi connectivity index (χ0v) is 12.6. The molecule has 108 valence electrons. The van der Waals surface area contributed by atoms with Crippen LogP contribution in [0, 0.1) is 0 Å². The number of halogens is 1. The smallest absolute Gasteiger partial charge is 0.355 e. The van der Waals surface area contributed by atoms with Crippen molar-refractivity contribution in [1.82, 2.24) is 0 Å². The molecule has 0 aliphatic rings. The third-order valence-corrected chi connectivity index (χ3v) is 2.86. The van der Waals surface area contributed by atoms with Crippen LogP contribution in [-0.2, 0) is 14.3 Å². The number of methoxy groups -OCH3 is 1. The lowest BCUT2D eigenvalue weighted by atomic mass is 10.2. The molecule has 0 spiro atoms. The van der Waals surface area contributed by atoms with Crippen molar-refractivity contribution in [2.24, 2.45) is 0 Å². The maximum Gasteiger partial charge on any atom is 0.355 e. The van der Waals surface area contributed by atoms with Gasteiger partial charge in [0.05, 0.1) is 25.5 Å². The second-order valence-corrected chi connectivity index (χ2v) is 4.44. The minimum absolute atomic E-state index is 0.154. The number of anilines is 1. The van der Waals surface area contributed by atoms with Gasteiger partial charge < -0.3 is 19.9 Å². The third-order valence-electron chi connectivity index (χ3n) is 2.21. The van der Waals surface area contributed by atoms with E-state index < -0.39 is 11.9 Å². The molecule has 7 heteroatoms. The fraction of sp³-hybridized carbons (Fsp3) is 0.231. The highest BCUT2D eigenvalue weighted by Gasteiger charge is 2.14. The number of rotatable bonds is 6. The van der Waals surface area contributed by atoms with E-state index in [2.05, 4.69) is 21.2 Å². The fourth-order valence-corrected chi connectivity index (χ4v) is 1.80. The lowest BCUT2D eigenvalue weighted by Crippen LogP contribution is -2.16. The normalized spacial score (nSPS) is 10.8. The Morgan fingerprint density at radius 2 is 2.15 bits per heavy atom. The summed E-state index contributed by atoms with van der Waals surface area (Å²) in [5.74, 6) is -1.36. The van der Waals surface area contributed by atoms with E-state index in [1.807, 2.05) is 0 Å². The van der Waals surface area contributed by atoms with E-state index in [0.717, 1.165) is 6.08 Å². The first-order valence-corrected chi connectivity index (χ1v) is 6.49. The molecule has 20 heavy (non-hydrogen) atoms. The molecular formula is C13H14BrNO5. The Hall–Kier alpha value is -2.02. The summed E-state index contributed by atoms with van der Waals surface area (Å²) in [6.07, 6.45) is 0.759. The summed E-state index contributed by atoms with van der Waals surface area (Å²) < 4.78 is 10.5. The van der Waals surface area contributed by atoms with Gasteiger partial charge in [-0.1, -0.05) is 0 Å². The van der Waals surface area contributed by atoms with E-state index in [4.69, 9.17) is 14.6 Å². The van der Waals surface area contributed by atoms with Gasteiger partial charge in [0.2, 0.25) is 0 Å². The quantitative estimate of drug-likeness (QED) is 0.609. The van der Waals surface area contributed by atoms with Crippen LogP contribution in [0.3, 0.4) is 0 Å². The molecule has 1 aromatic carbocycles. The summed E-state index contributed by atoms with van der Waals surface area (Å²) in [6.45, 7) is 1.79. The molecule has 0 atom stereocenters. The zero-order chi connectivity index (χ0) is 15.1. The van der Waals surface area contributed by atoms with E-state index in [9.17, 15) is 9.59 Å². The molecule has 0 amide bonds. The van der Waals surface area contributed by atoms with Gasteiger partial charge in [-0.25, -0.2) is 9.59 Å². The van der Waals surface area contributed by atoms with E-state index in [0.29, 0.717) is 15.9 Å². The maximum atomic E-state index is 11.7. The molecule has 1 aromatic rings. The summed E-state index contributed by atoms with van der Waals surface area (Å²) >= 11 is 3.30. The lowest BCUT2D eigenvalue weighted by molar-refractivity contribution is -0.139. The molecule has 0 saturated carbocycles. The van der Waals surface area contributed by atoms with Gasteiger partial charge in [-0.3, -0.25) is 0 Å². The number of esters is 1. The first-order valence-electron chi connectivity index (χ1n) is 5.70. The van der Waals surface area contributed by atoms with Gasteiger partial charge in [-0.2, -0.15) is 0 Å². The summed E-state index contributed by atoms with van der Waals surface area (Å²) in [5, 5.41) is 11.5. The SMILES string of the molecule is CCOC(=O)C(=CC(=O)O)Nc1ccc(OC)cc1Br. The standard InChI is InChI=1S/C13H14BrNO5/c1-3-20-13(18)11(7-12(16)17)15-10-5-4-8(19-2)6-9(10)14/h4-7,15H,3H2,1-2H3,(H,16,17). The molecule has 2 N–H and O–H groups in total. The Morgan fingerprint density at radius 3 is 2.65 bits per heavy atom. The summed E-state index contributed by atoms with van der Waals surface area (Å²) in [7, 11) is 1.53. The van der Waals surface area contributed by atoms with Crippen LogP contribution in [0.15, 0.2) is 34.4 Å². The average molecular weight is 344 g/mol. The highest BCUT2D eigenvalue weighted by Crippen LogP contribution is 2.28. The number of hydrogen-bond donors (Lipinski definition) is 2. The van der Waals surface area contributed by atoms with Crippen LogP contribution in [0.5, 0.6) is 5.75 Å². The van der Waals surface area contributed by atoms with E-state index in [1.54, 1.807) is 25.1 Å².